The number of nitrogens with one attached hydrogen (secondary N) is 1. The molecule has 1 aromatic rings. The molecule has 5 heteroatoms. The summed E-state index contributed by atoms with van der Waals surface area (Å²) < 4.78 is 0. The predicted molar refractivity (Wildman–Crippen MR) is 68.6 cm³/mol. The first kappa shape index (κ1) is 12.0. The quantitative estimate of drug-likeness (QED) is 0.782. The number of halogens is 2. The smallest absolute Gasteiger partial charge is 0.129 e. The molecular weight excluding hydrogens is 245 g/mol. The van der Waals surface area contributed by atoms with Crippen molar-refractivity contribution in [3.8, 4) is 0 Å². The van der Waals surface area contributed by atoms with Crippen molar-refractivity contribution in [3.63, 3.8) is 0 Å². The van der Waals surface area contributed by atoms with Crippen LogP contribution in [0.3, 0.4) is 0 Å². The summed E-state index contributed by atoms with van der Waals surface area (Å²) in [5.74, 6) is 0.820. The van der Waals surface area contributed by atoms with Crippen LogP contribution >= 0.6 is 24.0 Å². The lowest BCUT2D eigenvalue weighted by atomic mass is 10.1. The van der Waals surface area contributed by atoms with Crippen LogP contribution in [0, 0.1) is 5.92 Å². The van der Waals surface area contributed by atoms with Crippen molar-refractivity contribution < 1.29 is 0 Å². The summed E-state index contributed by atoms with van der Waals surface area (Å²) in [5.41, 5.74) is 1.20. The van der Waals surface area contributed by atoms with Gasteiger partial charge in [0.25, 0.3) is 0 Å². The Morgan fingerprint density at radius 2 is 2.25 bits per heavy atom. The van der Waals surface area contributed by atoms with Gasteiger partial charge in [-0.05, 0) is 24.5 Å². The third-order valence-corrected chi connectivity index (χ3v) is 3.71. The lowest BCUT2D eigenvalue weighted by molar-refractivity contribution is 0.578. The zero-order chi connectivity index (χ0) is 10.3. The van der Waals surface area contributed by atoms with E-state index in [9.17, 15) is 0 Å². The van der Waals surface area contributed by atoms with Crippen molar-refractivity contribution in [2.24, 2.45) is 5.92 Å². The number of nitrogens with zero attached hydrogens (tertiary/aromatic N) is 2. The maximum absolute atomic E-state index is 5.79. The van der Waals surface area contributed by atoms with E-state index >= 15 is 0 Å². The molecule has 2 saturated heterocycles. The van der Waals surface area contributed by atoms with Crippen LogP contribution in [-0.4, -0.2) is 30.7 Å². The molecule has 2 aliphatic heterocycles. The maximum atomic E-state index is 5.79. The molecule has 0 unspecified atom stereocenters. The van der Waals surface area contributed by atoms with E-state index in [2.05, 4.69) is 21.3 Å². The lowest BCUT2D eigenvalue weighted by Crippen LogP contribution is -2.34. The van der Waals surface area contributed by atoms with Crippen molar-refractivity contribution in [2.75, 3.05) is 24.5 Å². The van der Waals surface area contributed by atoms with Crippen LogP contribution in [0.2, 0.25) is 5.15 Å². The second-order valence-corrected chi connectivity index (χ2v) is 4.69. The van der Waals surface area contributed by atoms with Crippen LogP contribution < -0.4 is 10.2 Å². The molecule has 0 amide bonds. The highest BCUT2D eigenvalue weighted by Gasteiger charge is 2.37. The molecule has 0 aliphatic carbocycles. The molecule has 2 atom stereocenters. The van der Waals surface area contributed by atoms with E-state index in [-0.39, 0.29) is 12.4 Å². The zero-order valence-electron chi connectivity index (χ0n) is 8.90. The molecule has 1 aromatic heterocycles. The van der Waals surface area contributed by atoms with Crippen molar-refractivity contribution in [1.82, 2.24) is 10.3 Å². The predicted octanol–water partition coefficient (Wildman–Crippen LogP) is 1.95. The van der Waals surface area contributed by atoms with Gasteiger partial charge in [0.15, 0.2) is 0 Å². The van der Waals surface area contributed by atoms with Gasteiger partial charge in [-0.2, -0.15) is 0 Å². The fourth-order valence-electron chi connectivity index (χ4n) is 2.71. The maximum Gasteiger partial charge on any atom is 0.129 e. The standard InChI is InChI=1S/C11H14ClN3.ClH/c12-11-2-1-9(6-14-11)15-4-3-8-5-13-7-10(8)15;/h1-2,6,8,10,13H,3-5,7H2;1H/t8-,10+;/m0./s1. The van der Waals surface area contributed by atoms with Crippen LogP contribution in [0.25, 0.3) is 0 Å². The van der Waals surface area contributed by atoms with Crippen LogP contribution in [0.5, 0.6) is 0 Å². The van der Waals surface area contributed by atoms with Gasteiger partial charge in [-0.15, -0.1) is 12.4 Å². The molecule has 3 nitrogen and oxygen atoms in total. The highest BCUT2D eigenvalue weighted by atomic mass is 35.5. The van der Waals surface area contributed by atoms with Gasteiger partial charge in [0.05, 0.1) is 11.9 Å². The third-order valence-electron chi connectivity index (χ3n) is 3.49. The minimum absolute atomic E-state index is 0. The minimum Gasteiger partial charge on any atom is -0.366 e. The van der Waals surface area contributed by atoms with Crippen LogP contribution in [0.15, 0.2) is 18.3 Å². The number of aromatic nitrogens is 1. The SMILES string of the molecule is Cl.Clc1ccc(N2CC[C@H]3CNC[C@H]32)cn1. The van der Waals surface area contributed by atoms with E-state index in [4.69, 9.17) is 11.6 Å². The van der Waals surface area contributed by atoms with Gasteiger partial charge >= 0.3 is 0 Å². The molecule has 0 saturated carbocycles. The number of pyridine rings is 1. The third kappa shape index (κ3) is 1.99. The van der Waals surface area contributed by atoms with Gasteiger partial charge in [0, 0.05) is 25.7 Å². The lowest BCUT2D eigenvalue weighted by Gasteiger charge is -2.25. The Kier molecular flexibility index (Phi) is 3.57. The second kappa shape index (κ2) is 4.78. The van der Waals surface area contributed by atoms with E-state index in [0.717, 1.165) is 19.0 Å². The van der Waals surface area contributed by atoms with Crippen LogP contribution in [0.1, 0.15) is 6.42 Å². The monoisotopic (exact) mass is 259 g/mol. The molecule has 2 fully saturated rings. The van der Waals surface area contributed by atoms with E-state index in [1.54, 1.807) is 0 Å². The number of hydrogen-bond acceptors (Lipinski definition) is 3. The first-order chi connectivity index (χ1) is 7.34. The number of hydrogen-bond donors (Lipinski definition) is 1. The summed E-state index contributed by atoms with van der Waals surface area (Å²) in [4.78, 5) is 6.59. The first-order valence-electron chi connectivity index (χ1n) is 5.43. The van der Waals surface area contributed by atoms with E-state index in [0.29, 0.717) is 11.2 Å². The Labute approximate surface area is 107 Å². The van der Waals surface area contributed by atoms with Crippen LogP contribution in [0.4, 0.5) is 5.69 Å². The zero-order valence-corrected chi connectivity index (χ0v) is 10.5. The van der Waals surface area contributed by atoms with Crippen molar-refractivity contribution >= 4 is 29.7 Å². The molecule has 3 heterocycles. The van der Waals surface area contributed by atoms with Gasteiger partial charge < -0.3 is 10.2 Å². The largest absolute Gasteiger partial charge is 0.366 e. The second-order valence-electron chi connectivity index (χ2n) is 4.31. The summed E-state index contributed by atoms with van der Waals surface area (Å²) >= 11 is 5.79. The highest BCUT2D eigenvalue weighted by Crippen LogP contribution is 2.31. The van der Waals surface area contributed by atoms with Crippen molar-refractivity contribution in [1.29, 1.82) is 0 Å². The van der Waals surface area contributed by atoms with Gasteiger partial charge in [-0.25, -0.2) is 4.98 Å². The Balaban J connectivity index is 0.000000963. The van der Waals surface area contributed by atoms with Crippen molar-refractivity contribution in [2.45, 2.75) is 12.5 Å². The Bertz CT molecular complexity index is 355. The molecular formula is C11H15Cl2N3. The fourth-order valence-corrected chi connectivity index (χ4v) is 2.82. The summed E-state index contributed by atoms with van der Waals surface area (Å²) in [5, 5.41) is 4.02. The Hall–Kier alpha value is -0.510. The summed E-state index contributed by atoms with van der Waals surface area (Å²) in [7, 11) is 0. The normalized spacial score (nSPS) is 27.7. The molecule has 0 spiro atoms. The molecule has 0 radical (unpaired) electrons. The van der Waals surface area contributed by atoms with Crippen molar-refractivity contribution in [3.05, 3.63) is 23.5 Å². The molecule has 1 N–H and O–H groups in total. The Morgan fingerprint density at radius 3 is 3.00 bits per heavy atom. The summed E-state index contributed by atoms with van der Waals surface area (Å²) in [6, 6.07) is 4.59. The van der Waals surface area contributed by atoms with E-state index in [1.807, 2.05) is 12.3 Å². The molecule has 88 valence electrons. The van der Waals surface area contributed by atoms with Crippen LogP contribution in [-0.2, 0) is 0 Å². The number of anilines is 1. The highest BCUT2D eigenvalue weighted by molar-refractivity contribution is 6.29. The average molecular weight is 260 g/mol. The van der Waals surface area contributed by atoms with E-state index in [1.165, 1.54) is 18.7 Å². The van der Waals surface area contributed by atoms with Gasteiger partial charge in [0.2, 0.25) is 0 Å². The number of fused-ring (bicyclic) bond motifs is 1. The van der Waals surface area contributed by atoms with Gasteiger partial charge in [0.1, 0.15) is 5.15 Å². The number of rotatable bonds is 1. The fraction of sp³-hybridized carbons (Fsp3) is 0.545. The molecule has 16 heavy (non-hydrogen) atoms. The minimum atomic E-state index is 0. The topological polar surface area (TPSA) is 28.2 Å². The Morgan fingerprint density at radius 1 is 1.38 bits per heavy atom. The van der Waals surface area contributed by atoms with E-state index < -0.39 is 0 Å². The summed E-state index contributed by atoms with van der Waals surface area (Å²) in [6.45, 7) is 3.43. The van der Waals surface area contributed by atoms with Gasteiger partial charge in [-0.3, -0.25) is 0 Å². The summed E-state index contributed by atoms with van der Waals surface area (Å²) in [6.07, 6.45) is 3.17. The average Bonchev–Trinajstić information content (AvgIpc) is 2.80. The first-order valence-corrected chi connectivity index (χ1v) is 5.81. The van der Waals surface area contributed by atoms with Gasteiger partial charge in [-0.1, -0.05) is 11.6 Å². The molecule has 0 aromatic carbocycles. The molecule has 2 aliphatic rings. The molecule has 0 bridgehead atoms. The molecule has 3 rings (SSSR count).